The molecule has 4 heteroatoms. The quantitative estimate of drug-likeness (QED) is 0.817. The molecule has 1 aromatic heterocycles. The SMILES string of the molecule is Cc1cc(NCC(C)C)n(C)n1.Cl. The van der Waals surface area contributed by atoms with Crippen molar-refractivity contribution in [3.63, 3.8) is 0 Å². The highest BCUT2D eigenvalue weighted by Gasteiger charge is 2.00. The molecule has 0 bridgehead atoms. The van der Waals surface area contributed by atoms with Gasteiger partial charge in [-0.2, -0.15) is 5.10 Å². The third-order valence-corrected chi connectivity index (χ3v) is 1.69. The number of nitrogens with zero attached hydrogens (tertiary/aromatic N) is 2. The zero-order valence-corrected chi connectivity index (χ0v) is 9.48. The number of rotatable bonds is 3. The van der Waals surface area contributed by atoms with E-state index in [1.807, 2.05) is 18.7 Å². The average molecular weight is 204 g/mol. The topological polar surface area (TPSA) is 29.9 Å². The highest BCUT2D eigenvalue weighted by Crippen LogP contribution is 2.08. The van der Waals surface area contributed by atoms with Crippen LogP contribution in [0, 0.1) is 12.8 Å². The molecule has 0 saturated carbocycles. The second kappa shape index (κ2) is 5.12. The van der Waals surface area contributed by atoms with Crippen molar-refractivity contribution in [2.75, 3.05) is 11.9 Å². The minimum Gasteiger partial charge on any atom is -0.370 e. The standard InChI is InChI=1S/C9H17N3.ClH/c1-7(2)6-10-9-5-8(3)11-12(9)4;/h5,7,10H,6H2,1-4H3;1H. The molecule has 13 heavy (non-hydrogen) atoms. The summed E-state index contributed by atoms with van der Waals surface area (Å²) < 4.78 is 1.87. The molecule has 0 aliphatic carbocycles. The van der Waals surface area contributed by atoms with Gasteiger partial charge in [0.15, 0.2) is 0 Å². The molecule has 0 amide bonds. The largest absolute Gasteiger partial charge is 0.370 e. The predicted octanol–water partition coefficient (Wildman–Crippen LogP) is 2.22. The van der Waals surface area contributed by atoms with E-state index in [-0.39, 0.29) is 12.4 Å². The monoisotopic (exact) mass is 203 g/mol. The lowest BCUT2D eigenvalue weighted by atomic mass is 10.2. The van der Waals surface area contributed by atoms with E-state index in [4.69, 9.17) is 0 Å². The molecule has 0 fully saturated rings. The summed E-state index contributed by atoms with van der Waals surface area (Å²) >= 11 is 0. The van der Waals surface area contributed by atoms with Gasteiger partial charge in [0.1, 0.15) is 5.82 Å². The van der Waals surface area contributed by atoms with Gasteiger partial charge in [-0.25, -0.2) is 0 Å². The van der Waals surface area contributed by atoms with Crippen LogP contribution >= 0.6 is 12.4 Å². The van der Waals surface area contributed by atoms with E-state index >= 15 is 0 Å². The number of anilines is 1. The Morgan fingerprint density at radius 2 is 2.15 bits per heavy atom. The fourth-order valence-corrected chi connectivity index (χ4v) is 1.08. The summed E-state index contributed by atoms with van der Waals surface area (Å²) in [6.07, 6.45) is 0. The maximum absolute atomic E-state index is 4.24. The minimum atomic E-state index is 0. The summed E-state index contributed by atoms with van der Waals surface area (Å²) in [5.74, 6) is 1.77. The number of aryl methyl sites for hydroxylation is 2. The summed E-state index contributed by atoms with van der Waals surface area (Å²) in [5, 5.41) is 7.58. The zero-order chi connectivity index (χ0) is 9.14. The average Bonchev–Trinajstić information content (AvgIpc) is 2.26. The van der Waals surface area contributed by atoms with Crippen LogP contribution in [0.4, 0.5) is 5.82 Å². The highest BCUT2D eigenvalue weighted by molar-refractivity contribution is 5.85. The first-order chi connectivity index (χ1) is 5.59. The van der Waals surface area contributed by atoms with Crippen LogP contribution in [0.5, 0.6) is 0 Å². The lowest BCUT2D eigenvalue weighted by molar-refractivity contribution is 0.675. The summed E-state index contributed by atoms with van der Waals surface area (Å²) in [7, 11) is 1.95. The van der Waals surface area contributed by atoms with Gasteiger partial charge in [-0.15, -0.1) is 12.4 Å². The molecule has 1 aromatic rings. The number of aromatic nitrogens is 2. The Hall–Kier alpha value is -0.700. The normalized spacial score (nSPS) is 9.92. The molecule has 0 aliphatic heterocycles. The summed E-state index contributed by atoms with van der Waals surface area (Å²) in [6.45, 7) is 7.38. The molecule has 0 saturated heterocycles. The molecule has 1 rings (SSSR count). The Morgan fingerprint density at radius 3 is 2.54 bits per heavy atom. The Kier molecular flexibility index (Phi) is 4.85. The van der Waals surface area contributed by atoms with E-state index in [9.17, 15) is 0 Å². The van der Waals surface area contributed by atoms with Crippen molar-refractivity contribution in [2.24, 2.45) is 13.0 Å². The van der Waals surface area contributed by atoms with Crippen LogP contribution in [0.1, 0.15) is 19.5 Å². The van der Waals surface area contributed by atoms with Crippen LogP contribution < -0.4 is 5.32 Å². The van der Waals surface area contributed by atoms with Crippen molar-refractivity contribution in [1.29, 1.82) is 0 Å². The minimum absolute atomic E-state index is 0. The van der Waals surface area contributed by atoms with Gasteiger partial charge in [0.05, 0.1) is 5.69 Å². The molecular formula is C9H18ClN3. The van der Waals surface area contributed by atoms with Gasteiger partial charge >= 0.3 is 0 Å². The van der Waals surface area contributed by atoms with Crippen LogP contribution in [0.15, 0.2) is 6.07 Å². The smallest absolute Gasteiger partial charge is 0.124 e. The van der Waals surface area contributed by atoms with Gasteiger partial charge in [-0.05, 0) is 12.8 Å². The zero-order valence-electron chi connectivity index (χ0n) is 8.66. The van der Waals surface area contributed by atoms with Crippen molar-refractivity contribution in [1.82, 2.24) is 9.78 Å². The van der Waals surface area contributed by atoms with Crippen LogP contribution in [0.25, 0.3) is 0 Å². The van der Waals surface area contributed by atoms with E-state index in [1.165, 1.54) is 0 Å². The molecule has 0 aromatic carbocycles. The second-order valence-corrected chi connectivity index (χ2v) is 3.57. The molecular weight excluding hydrogens is 186 g/mol. The maximum atomic E-state index is 4.24. The Bertz CT molecular complexity index is 255. The van der Waals surface area contributed by atoms with E-state index in [0.717, 1.165) is 18.1 Å². The summed E-state index contributed by atoms with van der Waals surface area (Å²) in [5.41, 5.74) is 1.06. The number of hydrogen-bond acceptors (Lipinski definition) is 2. The van der Waals surface area contributed by atoms with Crippen molar-refractivity contribution < 1.29 is 0 Å². The van der Waals surface area contributed by atoms with Gasteiger partial charge < -0.3 is 5.32 Å². The van der Waals surface area contributed by atoms with Crippen LogP contribution in [0.2, 0.25) is 0 Å². The van der Waals surface area contributed by atoms with Crippen molar-refractivity contribution >= 4 is 18.2 Å². The summed E-state index contributed by atoms with van der Waals surface area (Å²) in [6, 6.07) is 2.06. The van der Waals surface area contributed by atoms with Crippen molar-refractivity contribution in [3.05, 3.63) is 11.8 Å². The molecule has 1 heterocycles. The van der Waals surface area contributed by atoms with Gasteiger partial charge in [-0.1, -0.05) is 13.8 Å². The van der Waals surface area contributed by atoms with E-state index < -0.39 is 0 Å². The van der Waals surface area contributed by atoms with Crippen LogP contribution in [-0.2, 0) is 7.05 Å². The van der Waals surface area contributed by atoms with Crippen molar-refractivity contribution in [2.45, 2.75) is 20.8 Å². The molecule has 3 nitrogen and oxygen atoms in total. The third-order valence-electron chi connectivity index (χ3n) is 1.69. The molecule has 0 radical (unpaired) electrons. The Morgan fingerprint density at radius 1 is 1.54 bits per heavy atom. The predicted molar refractivity (Wildman–Crippen MR) is 58.5 cm³/mol. The highest BCUT2D eigenvalue weighted by atomic mass is 35.5. The first-order valence-corrected chi connectivity index (χ1v) is 4.34. The van der Waals surface area contributed by atoms with Gasteiger partial charge in [-0.3, -0.25) is 4.68 Å². The van der Waals surface area contributed by atoms with Crippen molar-refractivity contribution in [3.8, 4) is 0 Å². The summed E-state index contributed by atoms with van der Waals surface area (Å²) in [4.78, 5) is 0. The number of hydrogen-bond donors (Lipinski definition) is 1. The Balaban J connectivity index is 0.00000144. The van der Waals surface area contributed by atoms with Crippen LogP contribution in [0.3, 0.4) is 0 Å². The van der Waals surface area contributed by atoms with Crippen LogP contribution in [-0.4, -0.2) is 16.3 Å². The van der Waals surface area contributed by atoms with E-state index in [2.05, 4.69) is 30.3 Å². The number of halogens is 1. The fraction of sp³-hybridized carbons (Fsp3) is 0.667. The molecule has 0 spiro atoms. The number of nitrogens with one attached hydrogen (secondary N) is 1. The molecule has 0 aliphatic rings. The first-order valence-electron chi connectivity index (χ1n) is 4.34. The van der Waals surface area contributed by atoms with Gasteiger partial charge in [0.25, 0.3) is 0 Å². The van der Waals surface area contributed by atoms with Gasteiger partial charge in [0, 0.05) is 19.7 Å². The molecule has 0 atom stereocenters. The fourth-order valence-electron chi connectivity index (χ4n) is 1.08. The molecule has 1 N–H and O–H groups in total. The lowest BCUT2D eigenvalue weighted by Crippen LogP contribution is -2.10. The first kappa shape index (κ1) is 12.3. The third kappa shape index (κ3) is 3.68. The molecule has 76 valence electrons. The second-order valence-electron chi connectivity index (χ2n) is 3.57. The van der Waals surface area contributed by atoms with E-state index in [1.54, 1.807) is 0 Å². The lowest BCUT2D eigenvalue weighted by Gasteiger charge is -2.07. The van der Waals surface area contributed by atoms with E-state index in [0.29, 0.717) is 5.92 Å². The Labute approximate surface area is 85.9 Å². The maximum Gasteiger partial charge on any atom is 0.124 e. The molecule has 0 unspecified atom stereocenters. The van der Waals surface area contributed by atoms with Gasteiger partial charge in [0.2, 0.25) is 0 Å².